The largest absolute Gasteiger partial charge is 0.394 e. The van der Waals surface area contributed by atoms with Gasteiger partial charge in [-0.05, 0) is 25.0 Å². The van der Waals surface area contributed by atoms with Crippen LogP contribution in [-0.2, 0) is 0 Å². The molecular weight excluding hydrogens is 193 g/mol. The van der Waals surface area contributed by atoms with Gasteiger partial charge in [0.1, 0.15) is 5.82 Å². The van der Waals surface area contributed by atoms with E-state index >= 15 is 0 Å². The van der Waals surface area contributed by atoms with Gasteiger partial charge < -0.3 is 10.4 Å². The molecule has 1 aliphatic rings. The molecule has 2 N–H and O–H groups in total. The second kappa shape index (κ2) is 3.91. The van der Waals surface area contributed by atoms with E-state index in [0.29, 0.717) is 0 Å². The van der Waals surface area contributed by atoms with E-state index in [-0.39, 0.29) is 23.9 Å². The van der Waals surface area contributed by atoms with Crippen LogP contribution in [0.5, 0.6) is 0 Å². The molecule has 0 aliphatic carbocycles. The first kappa shape index (κ1) is 10.6. The van der Waals surface area contributed by atoms with Gasteiger partial charge in [0.15, 0.2) is 0 Å². The minimum atomic E-state index is -0.257. The first-order valence-corrected chi connectivity index (χ1v) is 5.25. The number of nitrogens with one attached hydrogen (secondary N) is 1. The highest BCUT2D eigenvalue weighted by Gasteiger charge is 2.35. The maximum absolute atomic E-state index is 13.5. The van der Waals surface area contributed by atoms with Crippen LogP contribution in [0.1, 0.15) is 24.8 Å². The summed E-state index contributed by atoms with van der Waals surface area (Å²) in [6.45, 7) is 2.80. The van der Waals surface area contributed by atoms with Crippen molar-refractivity contribution in [1.29, 1.82) is 0 Å². The van der Waals surface area contributed by atoms with Crippen LogP contribution >= 0.6 is 0 Å². The zero-order chi connectivity index (χ0) is 10.9. The van der Waals surface area contributed by atoms with E-state index in [1.54, 1.807) is 6.07 Å². The van der Waals surface area contributed by atoms with Gasteiger partial charge in [0.2, 0.25) is 0 Å². The van der Waals surface area contributed by atoms with Crippen LogP contribution < -0.4 is 5.32 Å². The number of halogens is 1. The predicted octanol–water partition coefficient (Wildman–Crippen LogP) is 1.65. The Labute approximate surface area is 89.1 Å². The van der Waals surface area contributed by atoms with Crippen molar-refractivity contribution in [3.8, 4) is 0 Å². The third-order valence-corrected chi connectivity index (χ3v) is 3.17. The minimum Gasteiger partial charge on any atom is -0.394 e. The summed E-state index contributed by atoms with van der Waals surface area (Å²) in [4.78, 5) is 0. The van der Waals surface area contributed by atoms with Crippen molar-refractivity contribution in [3.63, 3.8) is 0 Å². The molecule has 1 saturated heterocycles. The smallest absolute Gasteiger partial charge is 0.126 e. The lowest BCUT2D eigenvalue weighted by molar-refractivity contribution is 0.191. The molecule has 1 fully saturated rings. The number of hydrogen-bond donors (Lipinski definition) is 2. The van der Waals surface area contributed by atoms with Gasteiger partial charge in [0.25, 0.3) is 0 Å². The Hall–Kier alpha value is -0.930. The van der Waals surface area contributed by atoms with Gasteiger partial charge in [-0.2, -0.15) is 0 Å². The normalized spacial score (nSPS) is 30.7. The summed E-state index contributed by atoms with van der Waals surface area (Å²) in [6.07, 6.45) is 0.782. The van der Waals surface area contributed by atoms with E-state index in [2.05, 4.69) is 5.32 Å². The first-order valence-electron chi connectivity index (χ1n) is 5.25. The van der Waals surface area contributed by atoms with Crippen molar-refractivity contribution in [2.45, 2.75) is 24.8 Å². The van der Waals surface area contributed by atoms with E-state index in [1.165, 1.54) is 6.07 Å². The molecule has 1 heterocycles. The lowest BCUT2D eigenvalue weighted by Crippen LogP contribution is -2.39. The fourth-order valence-electron chi connectivity index (χ4n) is 2.20. The number of benzene rings is 1. The van der Waals surface area contributed by atoms with Crippen molar-refractivity contribution in [2.24, 2.45) is 0 Å². The number of aliphatic hydroxyl groups excluding tert-OH is 1. The summed E-state index contributed by atoms with van der Waals surface area (Å²) in [6, 6.07) is 6.87. The third-order valence-electron chi connectivity index (χ3n) is 3.17. The molecule has 2 rings (SSSR count). The van der Waals surface area contributed by atoms with Gasteiger partial charge in [-0.1, -0.05) is 18.2 Å². The van der Waals surface area contributed by atoms with Gasteiger partial charge in [-0.3, -0.25) is 0 Å². The number of rotatable bonds is 2. The van der Waals surface area contributed by atoms with Crippen molar-refractivity contribution in [2.75, 3.05) is 13.2 Å². The van der Waals surface area contributed by atoms with Crippen LogP contribution in [0, 0.1) is 5.82 Å². The molecule has 0 aromatic heterocycles. The van der Waals surface area contributed by atoms with Gasteiger partial charge in [0.05, 0.1) is 6.61 Å². The van der Waals surface area contributed by atoms with Crippen LogP contribution in [0.2, 0.25) is 0 Å². The van der Waals surface area contributed by atoms with Crippen LogP contribution in [0.15, 0.2) is 24.3 Å². The molecule has 2 unspecified atom stereocenters. The minimum absolute atomic E-state index is 0.0952. The summed E-state index contributed by atoms with van der Waals surface area (Å²) in [5, 5.41) is 12.4. The Morgan fingerprint density at radius 3 is 2.87 bits per heavy atom. The van der Waals surface area contributed by atoms with Crippen molar-refractivity contribution in [1.82, 2.24) is 5.32 Å². The highest BCUT2D eigenvalue weighted by Crippen LogP contribution is 2.32. The number of hydrogen-bond acceptors (Lipinski definition) is 2. The fourth-order valence-corrected chi connectivity index (χ4v) is 2.20. The second-order valence-electron chi connectivity index (χ2n) is 4.52. The third kappa shape index (κ3) is 2.03. The van der Waals surface area contributed by atoms with E-state index in [9.17, 15) is 9.50 Å². The molecule has 15 heavy (non-hydrogen) atoms. The van der Waals surface area contributed by atoms with Crippen LogP contribution in [0.25, 0.3) is 0 Å². The quantitative estimate of drug-likeness (QED) is 0.776. The summed E-state index contributed by atoms with van der Waals surface area (Å²) >= 11 is 0. The highest BCUT2D eigenvalue weighted by atomic mass is 19.1. The van der Waals surface area contributed by atoms with E-state index in [1.807, 2.05) is 19.1 Å². The molecule has 1 aromatic carbocycles. The molecule has 0 spiro atoms. The summed E-state index contributed by atoms with van der Waals surface area (Å²) in [5.41, 5.74) is 0.495. The summed E-state index contributed by atoms with van der Waals surface area (Å²) in [7, 11) is 0. The summed E-state index contributed by atoms with van der Waals surface area (Å²) in [5.74, 6) is 0.0230. The Morgan fingerprint density at radius 2 is 2.27 bits per heavy atom. The molecule has 1 aromatic rings. The Morgan fingerprint density at radius 1 is 1.53 bits per heavy atom. The first-order chi connectivity index (χ1) is 7.14. The molecule has 0 amide bonds. The number of aliphatic hydroxyl groups is 1. The average molecular weight is 209 g/mol. The topological polar surface area (TPSA) is 32.3 Å². The van der Waals surface area contributed by atoms with Gasteiger partial charge in [0, 0.05) is 18.0 Å². The monoisotopic (exact) mass is 209 g/mol. The summed E-state index contributed by atoms with van der Waals surface area (Å²) < 4.78 is 13.5. The Balaban J connectivity index is 2.18. The van der Waals surface area contributed by atoms with Crippen LogP contribution in [-0.4, -0.2) is 23.8 Å². The predicted molar refractivity (Wildman–Crippen MR) is 57.3 cm³/mol. The van der Waals surface area contributed by atoms with Crippen molar-refractivity contribution in [3.05, 3.63) is 35.6 Å². The molecule has 0 saturated carbocycles. The van der Waals surface area contributed by atoms with Gasteiger partial charge in [-0.25, -0.2) is 4.39 Å². The van der Waals surface area contributed by atoms with Crippen LogP contribution in [0.4, 0.5) is 4.39 Å². The van der Waals surface area contributed by atoms with Gasteiger partial charge in [-0.15, -0.1) is 0 Å². The molecule has 2 nitrogen and oxygen atoms in total. The van der Waals surface area contributed by atoms with E-state index in [0.717, 1.165) is 18.5 Å². The van der Waals surface area contributed by atoms with Crippen molar-refractivity contribution < 1.29 is 9.50 Å². The van der Waals surface area contributed by atoms with E-state index in [4.69, 9.17) is 0 Å². The molecular formula is C12H16FNO. The Kier molecular flexibility index (Phi) is 2.76. The fraction of sp³-hybridized carbons (Fsp3) is 0.500. The second-order valence-corrected chi connectivity index (χ2v) is 4.52. The highest BCUT2D eigenvalue weighted by molar-refractivity contribution is 5.24. The van der Waals surface area contributed by atoms with Crippen molar-refractivity contribution >= 4 is 0 Å². The lowest BCUT2D eigenvalue weighted by Gasteiger charge is -2.21. The van der Waals surface area contributed by atoms with Crippen LogP contribution in [0.3, 0.4) is 0 Å². The molecule has 2 atom stereocenters. The maximum atomic E-state index is 13.5. The van der Waals surface area contributed by atoms with Gasteiger partial charge >= 0.3 is 0 Å². The molecule has 0 bridgehead atoms. The maximum Gasteiger partial charge on any atom is 0.126 e. The molecule has 3 heteroatoms. The van der Waals surface area contributed by atoms with E-state index < -0.39 is 0 Å². The molecule has 1 aliphatic heterocycles. The Bertz CT molecular complexity index is 355. The average Bonchev–Trinajstić information content (AvgIpc) is 2.63. The standard InChI is InChI=1S/C12H16FNO/c1-12(8-15)6-9(7-14-12)10-4-2-3-5-11(10)13/h2-5,9,14-15H,6-8H2,1H3. The lowest BCUT2D eigenvalue weighted by atomic mass is 9.90. The molecule has 82 valence electrons. The zero-order valence-electron chi connectivity index (χ0n) is 8.83. The zero-order valence-corrected chi connectivity index (χ0v) is 8.83. The SMILES string of the molecule is CC1(CO)CC(c2ccccc2F)CN1. The molecule has 0 radical (unpaired) electrons.